The molecule has 3 aromatic carbocycles. The van der Waals surface area contributed by atoms with Crippen LogP contribution in [-0.2, 0) is 16.6 Å². The van der Waals surface area contributed by atoms with Gasteiger partial charge in [-0.2, -0.15) is 9.57 Å². The number of hydrogen-bond donors (Lipinski definition) is 0. The molecule has 32 heavy (non-hydrogen) atoms. The number of ether oxygens (including phenoxy) is 2. The van der Waals surface area contributed by atoms with Crippen LogP contribution in [0.4, 0.5) is 16.2 Å². The molecular formula is C23H19N3O5S. The monoisotopic (exact) mass is 449 g/mol. The van der Waals surface area contributed by atoms with Crippen molar-refractivity contribution in [3.8, 4) is 17.6 Å². The fourth-order valence-corrected chi connectivity index (χ4v) is 5.12. The maximum absolute atomic E-state index is 13.6. The van der Waals surface area contributed by atoms with Crippen LogP contribution in [0, 0.1) is 11.3 Å². The highest BCUT2D eigenvalue weighted by molar-refractivity contribution is 7.94. The number of amides is 2. The summed E-state index contributed by atoms with van der Waals surface area (Å²) in [6, 6.07) is 19.0. The molecule has 0 saturated heterocycles. The Morgan fingerprint density at radius 1 is 0.938 bits per heavy atom. The number of nitriles is 1. The molecule has 1 aliphatic heterocycles. The van der Waals surface area contributed by atoms with Crippen molar-refractivity contribution >= 4 is 27.4 Å². The summed E-state index contributed by atoms with van der Waals surface area (Å²) in [5.41, 5.74) is 1.50. The van der Waals surface area contributed by atoms with E-state index in [1.54, 1.807) is 48.5 Å². The minimum atomic E-state index is -4.19. The van der Waals surface area contributed by atoms with Crippen LogP contribution in [0.3, 0.4) is 0 Å². The van der Waals surface area contributed by atoms with E-state index in [0.29, 0.717) is 22.6 Å². The number of nitrogens with zero attached hydrogens (tertiary/aromatic N) is 3. The van der Waals surface area contributed by atoms with Crippen LogP contribution in [0.2, 0.25) is 0 Å². The Labute approximate surface area is 185 Å². The second kappa shape index (κ2) is 8.24. The zero-order valence-electron chi connectivity index (χ0n) is 17.3. The van der Waals surface area contributed by atoms with E-state index in [9.17, 15) is 18.5 Å². The molecule has 162 valence electrons. The number of carbonyl (C=O) groups is 1. The number of carbonyl (C=O) groups excluding carboxylic acids is 1. The van der Waals surface area contributed by atoms with Crippen LogP contribution in [-0.4, -0.2) is 28.7 Å². The number of hydrogen-bond acceptors (Lipinski definition) is 6. The molecule has 4 rings (SSSR count). The van der Waals surface area contributed by atoms with Crippen LogP contribution in [0.5, 0.6) is 11.5 Å². The van der Waals surface area contributed by atoms with E-state index in [0.717, 1.165) is 4.31 Å². The third kappa shape index (κ3) is 3.61. The number of sulfonamides is 1. The van der Waals surface area contributed by atoms with Gasteiger partial charge in [0.25, 0.3) is 10.0 Å². The number of methoxy groups -OCH3 is 2. The quantitative estimate of drug-likeness (QED) is 0.586. The zero-order chi connectivity index (χ0) is 22.9. The molecule has 0 unspecified atom stereocenters. The molecule has 0 radical (unpaired) electrons. The summed E-state index contributed by atoms with van der Waals surface area (Å²) in [6.07, 6.45) is 0. The van der Waals surface area contributed by atoms with E-state index in [2.05, 4.69) is 6.07 Å². The van der Waals surface area contributed by atoms with Gasteiger partial charge in [0.1, 0.15) is 16.4 Å². The standard InChI is InChI=1S/C23H19N3O5S/c1-30-19-11-18(12-20(13-19)31-2)26-23(27)25(15-17-7-5-6-16(10-17)14-24)21-8-3-4-9-22(21)32(26,28)29/h3-13H,15H2,1-2H3. The van der Waals surface area contributed by atoms with Crippen molar-refractivity contribution in [1.82, 2.24) is 0 Å². The highest BCUT2D eigenvalue weighted by atomic mass is 32.2. The minimum Gasteiger partial charge on any atom is -0.497 e. The largest absolute Gasteiger partial charge is 0.497 e. The second-order valence-corrected chi connectivity index (χ2v) is 8.74. The maximum Gasteiger partial charge on any atom is 0.343 e. The molecule has 0 aliphatic carbocycles. The first kappa shape index (κ1) is 21.2. The van der Waals surface area contributed by atoms with Crippen molar-refractivity contribution in [1.29, 1.82) is 5.26 Å². The van der Waals surface area contributed by atoms with Gasteiger partial charge in [0.05, 0.1) is 43.8 Å². The number of benzene rings is 3. The van der Waals surface area contributed by atoms with Gasteiger partial charge in [-0.05, 0) is 29.8 Å². The van der Waals surface area contributed by atoms with Crippen LogP contribution in [0.1, 0.15) is 11.1 Å². The van der Waals surface area contributed by atoms with Crippen LogP contribution in [0.15, 0.2) is 71.6 Å². The van der Waals surface area contributed by atoms with Crippen molar-refractivity contribution in [2.75, 3.05) is 23.4 Å². The van der Waals surface area contributed by atoms with Crippen molar-refractivity contribution in [2.24, 2.45) is 0 Å². The van der Waals surface area contributed by atoms with Crippen LogP contribution >= 0.6 is 0 Å². The molecule has 0 saturated carbocycles. The van der Waals surface area contributed by atoms with Gasteiger partial charge in [0.2, 0.25) is 0 Å². The average molecular weight is 449 g/mol. The summed E-state index contributed by atoms with van der Waals surface area (Å²) >= 11 is 0. The molecule has 0 spiro atoms. The van der Waals surface area contributed by atoms with E-state index in [1.165, 1.54) is 37.3 Å². The SMILES string of the molecule is COc1cc(OC)cc(N2C(=O)N(Cc3cccc(C#N)c3)c3ccccc3S2(=O)=O)c1. The van der Waals surface area contributed by atoms with Gasteiger partial charge in [-0.25, -0.2) is 13.2 Å². The Morgan fingerprint density at radius 3 is 2.28 bits per heavy atom. The second-order valence-electron chi connectivity index (χ2n) is 6.99. The van der Waals surface area contributed by atoms with Gasteiger partial charge in [0, 0.05) is 18.2 Å². The van der Waals surface area contributed by atoms with Gasteiger partial charge in [0.15, 0.2) is 0 Å². The number of fused-ring (bicyclic) bond motifs is 1. The van der Waals surface area contributed by atoms with E-state index < -0.39 is 16.1 Å². The van der Waals surface area contributed by atoms with E-state index in [4.69, 9.17) is 9.47 Å². The lowest BCUT2D eigenvalue weighted by molar-refractivity contribution is 0.253. The average Bonchev–Trinajstić information content (AvgIpc) is 2.81. The first-order chi connectivity index (χ1) is 15.4. The normalized spacial score (nSPS) is 14.5. The third-order valence-corrected chi connectivity index (χ3v) is 6.80. The van der Waals surface area contributed by atoms with Crippen LogP contribution < -0.4 is 18.7 Å². The van der Waals surface area contributed by atoms with Gasteiger partial charge in [-0.1, -0.05) is 24.3 Å². The van der Waals surface area contributed by atoms with Crippen molar-refractivity contribution < 1.29 is 22.7 Å². The first-order valence-electron chi connectivity index (χ1n) is 9.57. The Hall–Kier alpha value is -4.03. The molecule has 3 aromatic rings. The molecule has 1 aliphatic rings. The Morgan fingerprint density at radius 2 is 1.62 bits per heavy atom. The number of rotatable bonds is 5. The summed E-state index contributed by atoms with van der Waals surface area (Å²) in [4.78, 5) is 15.0. The molecule has 0 N–H and O–H groups in total. The minimum absolute atomic E-state index is 0.00201. The topological polar surface area (TPSA) is 99.9 Å². The number of urea groups is 1. The predicted molar refractivity (Wildman–Crippen MR) is 118 cm³/mol. The van der Waals surface area contributed by atoms with E-state index in [-0.39, 0.29) is 22.8 Å². The molecule has 1 heterocycles. The summed E-state index contributed by atoms with van der Waals surface area (Å²) in [6.45, 7) is 0.0818. The molecule has 0 fully saturated rings. The number of anilines is 2. The fraction of sp³-hybridized carbons (Fsp3) is 0.130. The molecule has 0 atom stereocenters. The van der Waals surface area contributed by atoms with Gasteiger partial charge in [-0.15, -0.1) is 0 Å². The maximum atomic E-state index is 13.6. The van der Waals surface area contributed by atoms with E-state index >= 15 is 0 Å². The van der Waals surface area contributed by atoms with Gasteiger partial charge >= 0.3 is 6.03 Å². The Kier molecular flexibility index (Phi) is 5.47. The highest BCUT2D eigenvalue weighted by Crippen LogP contribution is 2.40. The lowest BCUT2D eigenvalue weighted by atomic mass is 10.1. The summed E-state index contributed by atoms with van der Waals surface area (Å²) < 4.78 is 38.2. The summed E-state index contributed by atoms with van der Waals surface area (Å²) in [5, 5.41) is 9.19. The lowest BCUT2D eigenvalue weighted by Gasteiger charge is -2.36. The molecule has 8 nitrogen and oxygen atoms in total. The molecule has 0 bridgehead atoms. The Bertz CT molecular complexity index is 1330. The molecular weight excluding hydrogens is 430 g/mol. The van der Waals surface area contributed by atoms with Crippen molar-refractivity contribution in [3.05, 3.63) is 77.9 Å². The molecule has 9 heteroatoms. The molecule has 2 amide bonds. The fourth-order valence-electron chi connectivity index (χ4n) is 3.55. The zero-order valence-corrected chi connectivity index (χ0v) is 18.2. The third-order valence-electron chi connectivity index (χ3n) is 5.05. The van der Waals surface area contributed by atoms with Crippen molar-refractivity contribution in [2.45, 2.75) is 11.4 Å². The Balaban J connectivity index is 1.88. The number of para-hydroxylation sites is 1. The summed E-state index contributed by atoms with van der Waals surface area (Å²) in [5.74, 6) is 0.684. The van der Waals surface area contributed by atoms with E-state index in [1.807, 2.05) is 0 Å². The van der Waals surface area contributed by atoms with Crippen molar-refractivity contribution in [3.63, 3.8) is 0 Å². The van der Waals surface area contributed by atoms with Gasteiger partial charge < -0.3 is 9.47 Å². The predicted octanol–water partition coefficient (Wildman–Crippen LogP) is 3.91. The van der Waals surface area contributed by atoms with Gasteiger partial charge in [-0.3, -0.25) is 4.90 Å². The smallest absolute Gasteiger partial charge is 0.343 e. The lowest BCUT2D eigenvalue weighted by Crippen LogP contribution is -2.50. The summed E-state index contributed by atoms with van der Waals surface area (Å²) in [7, 11) is -1.32. The first-order valence-corrected chi connectivity index (χ1v) is 11.0. The highest BCUT2D eigenvalue weighted by Gasteiger charge is 2.42. The molecule has 0 aromatic heterocycles. The van der Waals surface area contributed by atoms with Crippen LogP contribution in [0.25, 0.3) is 0 Å².